The van der Waals surface area contributed by atoms with Gasteiger partial charge >= 0.3 is 0 Å². The Kier molecular flexibility index (Phi) is 8.77. The van der Waals surface area contributed by atoms with Gasteiger partial charge in [0.15, 0.2) is 22.5 Å². The molecule has 0 aliphatic rings. The van der Waals surface area contributed by atoms with Crippen LogP contribution in [0.2, 0.25) is 0 Å². The first-order valence-corrected chi connectivity index (χ1v) is 12.5. The Balaban J connectivity index is 1.45. The highest BCUT2D eigenvalue weighted by Crippen LogP contribution is 2.29. The highest BCUT2D eigenvalue weighted by Gasteiger charge is 2.17. The number of aromatic nitrogens is 3. The van der Waals surface area contributed by atoms with Crippen LogP contribution >= 0.6 is 11.8 Å². The van der Waals surface area contributed by atoms with Crippen molar-refractivity contribution in [3.8, 4) is 34.3 Å². The fourth-order valence-electron chi connectivity index (χ4n) is 3.48. The van der Waals surface area contributed by atoms with E-state index in [4.69, 9.17) is 14.2 Å². The van der Waals surface area contributed by atoms with Crippen LogP contribution in [0.4, 0.5) is 0 Å². The zero-order chi connectivity index (χ0) is 26.0. The van der Waals surface area contributed by atoms with E-state index < -0.39 is 0 Å². The van der Waals surface area contributed by atoms with Gasteiger partial charge in [0.25, 0.3) is 5.91 Å². The Bertz CT molecular complexity index is 1360. The summed E-state index contributed by atoms with van der Waals surface area (Å²) >= 11 is 1.28. The fraction of sp³-hybridized carbons (Fsp3) is 0.185. The topological polar surface area (TPSA) is 99.9 Å². The fourth-order valence-corrected chi connectivity index (χ4v) is 4.22. The molecule has 0 aliphatic heterocycles. The van der Waals surface area contributed by atoms with Crippen molar-refractivity contribution in [2.45, 2.75) is 12.1 Å². The van der Waals surface area contributed by atoms with Crippen LogP contribution in [0.15, 0.2) is 83.1 Å². The molecule has 1 aromatic heterocycles. The number of rotatable bonds is 11. The van der Waals surface area contributed by atoms with Gasteiger partial charge in [0, 0.05) is 11.3 Å². The summed E-state index contributed by atoms with van der Waals surface area (Å²) in [5.74, 6) is 2.51. The summed E-state index contributed by atoms with van der Waals surface area (Å²) in [7, 11) is 3.20. The second kappa shape index (κ2) is 12.6. The van der Waals surface area contributed by atoms with E-state index in [0.29, 0.717) is 29.1 Å². The van der Waals surface area contributed by atoms with Crippen LogP contribution in [-0.4, -0.2) is 53.5 Å². The molecule has 0 atom stereocenters. The zero-order valence-corrected chi connectivity index (χ0v) is 21.6. The number of ether oxygens (including phenoxy) is 3. The third-order valence-electron chi connectivity index (χ3n) is 5.22. The predicted octanol–water partition coefficient (Wildman–Crippen LogP) is 4.59. The predicted molar refractivity (Wildman–Crippen MR) is 144 cm³/mol. The van der Waals surface area contributed by atoms with Crippen molar-refractivity contribution in [2.24, 2.45) is 5.10 Å². The van der Waals surface area contributed by atoms with Crippen molar-refractivity contribution in [1.29, 1.82) is 0 Å². The lowest BCUT2D eigenvalue weighted by atomic mass is 10.2. The lowest BCUT2D eigenvalue weighted by Crippen LogP contribution is -2.20. The first kappa shape index (κ1) is 25.8. The van der Waals surface area contributed by atoms with E-state index in [9.17, 15) is 4.79 Å². The molecule has 0 spiro atoms. The van der Waals surface area contributed by atoms with E-state index in [1.807, 2.05) is 72.2 Å². The van der Waals surface area contributed by atoms with Crippen molar-refractivity contribution < 1.29 is 19.0 Å². The number of hydrogen-bond acceptors (Lipinski definition) is 8. The van der Waals surface area contributed by atoms with Gasteiger partial charge in [0.05, 0.1) is 32.8 Å². The summed E-state index contributed by atoms with van der Waals surface area (Å²) in [6.07, 6.45) is 1.55. The van der Waals surface area contributed by atoms with E-state index in [2.05, 4.69) is 20.7 Å². The zero-order valence-electron chi connectivity index (χ0n) is 20.7. The Morgan fingerprint density at radius 1 is 1.00 bits per heavy atom. The number of para-hydroxylation sites is 1. The Morgan fingerprint density at radius 3 is 2.49 bits per heavy atom. The van der Waals surface area contributed by atoms with Gasteiger partial charge in [-0.1, -0.05) is 30.0 Å². The van der Waals surface area contributed by atoms with Crippen LogP contribution in [-0.2, 0) is 4.79 Å². The number of nitrogens with one attached hydrogen (secondary N) is 1. The standard InChI is InChI=1S/C27H27N5O4S/c1-4-36-23-15-10-19(16-24(23)35-3)17-28-29-25(33)18-37-27-31-30-26(20-11-13-22(34-2)14-12-20)32(27)21-8-6-5-7-9-21/h5-17H,4,18H2,1-3H3,(H,29,33)/b28-17+. The SMILES string of the molecule is CCOc1ccc(/C=N/NC(=O)CSc2nnc(-c3ccc(OC)cc3)n2-c2ccccc2)cc1OC. The number of hydrazone groups is 1. The number of methoxy groups -OCH3 is 2. The van der Waals surface area contributed by atoms with Gasteiger partial charge in [-0.15, -0.1) is 10.2 Å². The van der Waals surface area contributed by atoms with Crippen LogP contribution in [0.5, 0.6) is 17.2 Å². The minimum absolute atomic E-state index is 0.109. The van der Waals surface area contributed by atoms with Crippen molar-refractivity contribution in [3.05, 3.63) is 78.4 Å². The first-order chi connectivity index (χ1) is 18.1. The molecule has 1 N–H and O–H groups in total. The molecular weight excluding hydrogens is 490 g/mol. The molecule has 0 saturated carbocycles. The average Bonchev–Trinajstić information content (AvgIpc) is 3.37. The molecule has 10 heteroatoms. The number of amides is 1. The number of nitrogens with zero attached hydrogens (tertiary/aromatic N) is 4. The number of thioether (sulfide) groups is 1. The van der Waals surface area contributed by atoms with Gasteiger partial charge in [-0.3, -0.25) is 9.36 Å². The number of carbonyl (C=O) groups is 1. The first-order valence-electron chi connectivity index (χ1n) is 11.5. The van der Waals surface area contributed by atoms with Crippen LogP contribution in [0.1, 0.15) is 12.5 Å². The molecule has 1 amide bonds. The van der Waals surface area contributed by atoms with Crippen molar-refractivity contribution in [1.82, 2.24) is 20.2 Å². The number of hydrogen-bond donors (Lipinski definition) is 1. The normalized spacial score (nSPS) is 10.9. The summed E-state index contributed by atoms with van der Waals surface area (Å²) in [6, 6.07) is 22.8. The van der Waals surface area contributed by atoms with E-state index >= 15 is 0 Å². The molecule has 1 heterocycles. The molecule has 190 valence electrons. The highest BCUT2D eigenvalue weighted by molar-refractivity contribution is 7.99. The highest BCUT2D eigenvalue weighted by atomic mass is 32.2. The molecule has 37 heavy (non-hydrogen) atoms. The molecule has 0 unspecified atom stereocenters. The summed E-state index contributed by atoms with van der Waals surface area (Å²) in [6.45, 7) is 2.45. The summed E-state index contributed by atoms with van der Waals surface area (Å²) in [4.78, 5) is 12.5. The quantitative estimate of drug-likeness (QED) is 0.176. The average molecular weight is 518 g/mol. The van der Waals surface area contributed by atoms with Gasteiger partial charge in [0.2, 0.25) is 0 Å². The third-order valence-corrected chi connectivity index (χ3v) is 6.15. The van der Waals surface area contributed by atoms with E-state index in [1.54, 1.807) is 32.6 Å². The maximum Gasteiger partial charge on any atom is 0.250 e. The molecule has 4 rings (SSSR count). The lowest BCUT2D eigenvalue weighted by Gasteiger charge is -2.10. The molecule has 4 aromatic rings. The second-order valence-corrected chi connectivity index (χ2v) is 8.57. The minimum Gasteiger partial charge on any atom is -0.497 e. The smallest absolute Gasteiger partial charge is 0.250 e. The maximum atomic E-state index is 12.5. The largest absolute Gasteiger partial charge is 0.497 e. The summed E-state index contributed by atoms with van der Waals surface area (Å²) in [5.41, 5.74) is 5.09. The molecule has 0 saturated heterocycles. The third kappa shape index (κ3) is 6.47. The number of benzene rings is 3. The lowest BCUT2D eigenvalue weighted by molar-refractivity contribution is -0.118. The molecule has 0 fully saturated rings. The molecule has 0 bridgehead atoms. The molecule has 3 aromatic carbocycles. The Labute approximate surface area is 219 Å². The van der Waals surface area contributed by atoms with Gasteiger partial charge < -0.3 is 14.2 Å². The van der Waals surface area contributed by atoms with E-state index in [0.717, 1.165) is 22.6 Å². The summed E-state index contributed by atoms with van der Waals surface area (Å²) < 4.78 is 18.1. The molecule has 0 radical (unpaired) electrons. The van der Waals surface area contributed by atoms with E-state index in [-0.39, 0.29) is 11.7 Å². The van der Waals surface area contributed by atoms with Crippen molar-refractivity contribution in [2.75, 3.05) is 26.6 Å². The molecule has 9 nitrogen and oxygen atoms in total. The van der Waals surface area contributed by atoms with Gasteiger partial charge in [-0.2, -0.15) is 5.10 Å². The van der Waals surface area contributed by atoms with Crippen LogP contribution < -0.4 is 19.6 Å². The second-order valence-electron chi connectivity index (χ2n) is 7.63. The van der Waals surface area contributed by atoms with Crippen LogP contribution in [0, 0.1) is 0 Å². The molecular formula is C27H27N5O4S. The van der Waals surface area contributed by atoms with Crippen molar-refractivity contribution >= 4 is 23.9 Å². The van der Waals surface area contributed by atoms with Gasteiger partial charge in [0.1, 0.15) is 5.75 Å². The summed E-state index contributed by atoms with van der Waals surface area (Å²) in [5, 5.41) is 13.4. The van der Waals surface area contributed by atoms with Crippen LogP contribution in [0.25, 0.3) is 17.1 Å². The monoisotopic (exact) mass is 517 g/mol. The molecule has 0 aliphatic carbocycles. The number of carbonyl (C=O) groups excluding carboxylic acids is 1. The Hall–Kier alpha value is -4.31. The van der Waals surface area contributed by atoms with Crippen LogP contribution in [0.3, 0.4) is 0 Å². The van der Waals surface area contributed by atoms with Crippen molar-refractivity contribution in [3.63, 3.8) is 0 Å². The van der Waals surface area contributed by atoms with E-state index in [1.165, 1.54) is 11.8 Å². The minimum atomic E-state index is -0.271. The maximum absolute atomic E-state index is 12.5. The Morgan fingerprint density at radius 2 is 1.78 bits per heavy atom. The van der Waals surface area contributed by atoms with Gasteiger partial charge in [-0.05, 0) is 67.1 Å². The van der Waals surface area contributed by atoms with Gasteiger partial charge in [-0.25, -0.2) is 5.43 Å².